The van der Waals surface area contributed by atoms with Gasteiger partial charge in [-0.15, -0.1) is 0 Å². The van der Waals surface area contributed by atoms with Crippen LogP contribution in [0.2, 0.25) is 0 Å². The van der Waals surface area contributed by atoms with Crippen LogP contribution in [0.15, 0.2) is 30.3 Å². The molecule has 0 spiro atoms. The fourth-order valence-corrected chi connectivity index (χ4v) is 2.50. The molecule has 25 heavy (non-hydrogen) atoms. The Morgan fingerprint density at radius 1 is 0.880 bits per heavy atom. The van der Waals surface area contributed by atoms with Crippen LogP contribution in [0.3, 0.4) is 0 Å². The Morgan fingerprint density at radius 2 is 1.48 bits per heavy atom. The van der Waals surface area contributed by atoms with Crippen LogP contribution < -0.4 is 14.2 Å². The van der Waals surface area contributed by atoms with Crippen molar-refractivity contribution in [2.75, 3.05) is 21.3 Å². The quantitative estimate of drug-likeness (QED) is 0.636. The molecular formula is C20H22O5. The zero-order chi connectivity index (χ0) is 18.6. The number of benzene rings is 2. The molecule has 0 aromatic heterocycles. The van der Waals surface area contributed by atoms with E-state index >= 15 is 0 Å². The second-order valence-electron chi connectivity index (χ2n) is 5.61. The van der Waals surface area contributed by atoms with Gasteiger partial charge in [-0.1, -0.05) is 18.2 Å². The molecular weight excluding hydrogens is 320 g/mol. The van der Waals surface area contributed by atoms with E-state index in [4.69, 9.17) is 14.2 Å². The molecule has 5 heteroatoms. The van der Waals surface area contributed by atoms with Crippen LogP contribution in [0.4, 0.5) is 0 Å². The zero-order valence-electron chi connectivity index (χ0n) is 15.0. The number of carboxylic acids is 1. The molecule has 0 fully saturated rings. The van der Waals surface area contributed by atoms with Crippen molar-refractivity contribution in [1.29, 1.82) is 0 Å². The van der Waals surface area contributed by atoms with Gasteiger partial charge >= 0.3 is 5.97 Å². The van der Waals surface area contributed by atoms with Gasteiger partial charge in [0.1, 0.15) is 5.75 Å². The van der Waals surface area contributed by atoms with Gasteiger partial charge in [0.25, 0.3) is 0 Å². The van der Waals surface area contributed by atoms with Gasteiger partial charge in [-0.3, -0.25) is 0 Å². The van der Waals surface area contributed by atoms with E-state index in [1.54, 1.807) is 24.3 Å². The number of ether oxygens (including phenoxy) is 3. The summed E-state index contributed by atoms with van der Waals surface area (Å²) < 4.78 is 15.9. The number of rotatable bonds is 6. The summed E-state index contributed by atoms with van der Waals surface area (Å²) in [6.07, 6.45) is 1.58. The Balaban J connectivity index is 2.64. The highest BCUT2D eigenvalue weighted by molar-refractivity contribution is 6.20. The number of aryl methyl sites for hydroxylation is 2. The van der Waals surface area contributed by atoms with Crippen LogP contribution in [-0.4, -0.2) is 32.4 Å². The number of methoxy groups -OCH3 is 3. The monoisotopic (exact) mass is 342 g/mol. The lowest BCUT2D eigenvalue weighted by Gasteiger charge is -2.13. The predicted molar refractivity (Wildman–Crippen MR) is 97.5 cm³/mol. The van der Waals surface area contributed by atoms with E-state index in [1.807, 2.05) is 26.0 Å². The van der Waals surface area contributed by atoms with Gasteiger partial charge in [-0.25, -0.2) is 4.79 Å². The van der Waals surface area contributed by atoms with E-state index in [0.717, 1.165) is 11.1 Å². The molecule has 0 aliphatic carbocycles. The van der Waals surface area contributed by atoms with Crippen molar-refractivity contribution in [3.05, 3.63) is 52.6 Å². The first-order chi connectivity index (χ1) is 11.9. The highest BCUT2D eigenvalue weighted by Crippen LogP contribution is 2.36. The highest BCUT2D eigenvalue weighted by Gasteiger charge is 2.15. The van der Waals surface area contributed by atoms with Crippen molar-refractivity contribution < 1.29 is 24.1 Å². The second kappa shape index (κ2) is 7.75. The smallest absolute Gasteiger partial charge is 0.336 e. The minimum atomic E-state index is -1.01. The Morgan fingerprint density at radius 3 is 2.00 bits per heavy atom. The van der Waals surface area contributed by atoms with Gasteiger partial charge in [0.2, 0.25) is 0 Å². The first kappa shape index (κ1) is 18.4. The maximum absolute atomic E-state index is 11.8. The summed E-state index contributed by atoms with van der Waals surface area (Å²) >= 11 is 0. The summed E-state index contributed by atoms with van der Waals surface area (Å²) in [5.41, 5.74) is 3.54. The number of aliphatic carboxylic acids is 1. The molecule has 2 aromatic carbocycles. The molecule has 1 N–H and O–H groups in total. The van der Waals surface area contributed by atoms with Gasteiger partial charge < -0.3 is 19.3 Å². The van der Waals surface area contributed by atoms with Gasteiger partial charge in [-0.2, -0.15) is 0 Å². The van der Waals surface area contributed by atoms with Gasteiger partial charge in [-0.05, 0) is 42.7 Å². The number of hydrogen-bond donors (Lipinski definition) is 1. The summed E-state index contributed by atoms with van der Waals surface area (Å²) in [6, 6.07) is 8.94. The van der Waals surface area contributed by atoms with E-state index < -0.39 is 5.97 Å². The first-order valence-corrected chi connectivity index (χ1v) is 7.73. The SMILES string of the molecule is COc1cc(OC)c(OC)cc1/C=C(\C(=O)O)c1ccc(C)c(C)c1. The van der Waals surface area contributed by atoms with E-state index in [2.05, 4.69) is 0 Å². The largest absolute Gasteiger partial charge is 0.496 e. The second-order valence-corrected chi connectivity index (χ2v) is 5.61. The molecule has 0 heterocycles. The summed E-state index contributed by atoms with van der Waals surface area (Å²) in [5, 5.41) is 9.67. The molecule has 2 rings (SSSR count). The molecule has 0 saturated heterocycles. The highest BCUT2D eigenvalue weighted by atomic mass is 16.5. The third-order valence-electron chi connectivity index (χ3n) is 4.08. The van der Waals surface area contributed by atoms with Crippen molar-refractivity contribution >= 4 is 17.6 Å². The molecule has 0 aliphatic rings. The molecule has 0 atom stereocenters. The maximum Gasteiger partial charge on any atom is 0.336 e. The fourth-order valence-electron chi connectivity index (χ4n) is 2.50. The fraction of sp³-hybridized carbons (Fsp3) is 0.250. The van der Waals surface area contributed by atoms with Crippen LogP contribution in [-0.2, 0) is 4.79 Å². The summed E-state index contributed by atoms with van der Waals surface area (Å²) in [5.74, 6) is 0.499. The molecule has 0 saturated carbocycles. The van der Waals surface area contributed by atoms with Crippen LogP contribution >= 0.6 is 0 Å². The Bertz CT molecular complexity index is 821. The average Bonchev–Trinajstić information content (AvgIpc) is 2.61. The van der Waals surface area contributed by atoms with Crippen LogP contribution in [0, 0.1) is 13.8 Å². The van der Waals surface area contributed by atoms with E-state index in [1.165, 1.54) is 21.3 Å². The lowest BCUT2D eigenvalue weighted by Crippen LogP contribution is -2.01. The zero-order valence-corrected chi connectivity index (χ0v) is 15.0. The molecule has 0 unspecified atom stereocenters. The van der Waals surface area contributed by atoms with E-state index in [9.17, 15) is 9.90 Å². The number of carbonyl (C=O) groups is 1. The average molecular weight is 342 g/mol. The Labute approximate surface area is 147 Å². The van der Waals surface area contributed by atoms with Gasteiger partial charge in [0.15, 0.2) is 11.5 Å². The number of hydrogen-bond acceptors (Lipinski definition) is 4. The third kappa shape index (κ3) is 3.94. The van der Waals surface area contributed by atoms with Crippen molar-refractivity contribution in [3.8, 4) is 17.2 Å². The van der Waals surface area contributed by atoms with E-state index in [-0.39, 0.29) is 5.57 Å². The first-order valence-electron chi connectivity index (χ1n) is 7.73. The van der Waals surface area contributed by atoms with E-state index in [0.29, 0.717) is 28.4 Å². The lowest BCUT2D eigenvalue weighted by atomic mass is 9.98. The topological polar surface area (TPSA) is 65.0 Å². The lowest BCUT2D eigenvalue weighted by molar-refractivity contribution is -0.130. The molecule has 2 aromatic rings. The van der Waals surface area contributed by atoms with Crippen molar-refractivity contribution in [2.24, 2.45) is 0 Å². The minimum absolute atomic E-state index is 0.175. The van der Waals surface area contributed by atoms with Crippen LogP contribution in [0.1, 0.15) is 22.3 Å². The van der Waals surface area contributed by atoms with Crippen molar-refractivity contribution in [2.45, 2.75) is 13.8 Å². The third-order valence-corrected chi connectivity index (χ3v) is 4.08. The normalized spacial score (nSPS) is 11.2. The molecule has 132 valence electrons. The molecule has 0 aliphatic heterocycles. The predicted octanol–water partition coefficient (Wildman–Crippen LogP) is 3.95. The minimum Gasteiger partial charge on any atom is -0.496 e. The van der Waals surface area contributed by atoms with Crippen molar-refractivity contribution in [1.82, 2.24) is 0 Å². The Kier molecular flexibility index (Phi) is 5.70. The number of carboxylic acid groups (broad SMARTS) is 1. The summed E-state index contributed by atoms with van der Waals surface area (Å²) in [4.78, 5) is 11.8. The van der Waals surface area contributed by atoms with Gasteiger partial charge in [0.05, 0.1) is 26.9 Å². The van der Waals surface area contributed by atoms with Crippen molar-refractivity contribution in [3.63, 3.8) is 0 Å². The maximum atomic E-state index is 11.8. The van der Waals surface area contributed by atoms with Gasteiger partial charge in [0, 0.05) is 11.6 Å². The summed E-state index contributed by atoms with van der Waals surface area (Å²) in [6.45, 7) is 3.94. The summed E-state index contributed by atoms with van der Waals surface area (Å²) in [7, 11) is 4.58. The molecule has 0 bridgehead atoms. The molecule has 5 nitrogen and oxygen atoms in total. The molecule has 0 amide bonds. The molecule has 0 radical (unpaired) electrons. The van der Waals surface area contributed by atoms with Crippen LogP contribution in [0.5, 0.6) is 17.2 Å². The van der Waals surface area contributed by atoms with Crippen LogP contribution in [0.25, 0.3) is 11.6 Å². The standard InChI is InChI=1S/C20H22O5/c1-12-6-7-14(8-13(12)2)16(20(21)22)9-15-10-18(24-4)19(25-5)11-17(15)23-3/h6-11H,1-5H3,(H,21,22)/b16-9-. The Hall–Kier alpha value is -2.95.